The number of nitrogens with zero attached hydrogens (tertiary/aromatic N) is 2. The molecule has 0 unspecified atom stereocenters. The van der Waals surface area contributed by atoms with Gasteiger partial charge in [0.15, 0.2) is 0 Å². The van der Waals surface area contributed by atoms with E-state index in [9.17, 15) is 4.79 Å². The molecule has 1 heterocycles. The molecule has 2 aromatic carbocycles. The number of piperazine rings is 1. The maximum absolute atomic E-state index is 12.3. The van der Waals surface area contributed by atoms with Gasteiger partial charge < -0.3 is 19.9 Å². The first kappa shape index (κ1) is 20.4. The number of carbonyl (C=O) groups is 1. The Morgan fingerprint density at radius 1 is 1.14 bits per heavy atom. The van der Waals surface area contributed by atoms with E-state index in [0.717, 1.165) is 54.2 Å². The number of anilines is 2. The van der Waals surface area contributed by atoms with Gasteiger partial charge in [-0.15, -0.1) is 0 Å². The highest BCUT2D eigenvalue weighted by Crippen LogP contribution is 2.24. The van der Waals surface area contributed by atoms with Crippen LogP contribution in [0.15, 0.2) is 53.0 Å². The molecule has 1 fully saturated rings. The fourth-order valence-electron chi connectivity index (χ4n) is 3.26. The van der Waals surface area contributed by atoms with Gasteiger partial charge in [-0.25, -0.2) is 0 Å². The van der Waals surface area contributed by atoms with E-state index in [1.165, 1.54) is 11.8 Å². The van der Waals surface area contributed by atoms with Crippen molar-refractivity contribution < 1.29 is 9.53 Å². The van der Waals surface area contributed by atoms with Crippen LogP contribution in [0.1, 0.15) is 12.5 Å². The zero-order valence-corrected chi connectivity index (χ0v) is 17.9. The molecule has 3 rings (SSSR count). The van der Waals surface area contributed by atoms with Gasteiger partial charge in [-0.1, -0.05) is 22.9 Å². The largest absolute Gasteiger partial charge is 0.496 e. The van der Waals surface area contributed by atoms with Gasteiger partial charge in [-0.05, 0) is 55.1 Å². The highest BCUT2D eigenvalue weighted by atomic mass is 79.9. The van der Waals surface area contributed by atoms with E-state index in [-0.39, 0.29) is 5.91 Å². The maximum atomic E-state index is 12.3. The third kappa shape index (κ3) is 5.36. The van der Waals surface area contributed by atoms with Crippen molar-refractivity contribution in [2.24, 2.45) is 0 Å². The Kier molecular flexibility index (Phi) is 7.12. The summed E-state index contributed by atoms with van der Waals surface area (Å²) >= 11 is 3.44. The van der Waals surface area contributed by atoms with E-state index < -0.39 is 0 Å². The first-order valence-electron chi connectivity index (χ1n) is 9.49. The molecule has 0 atom stereocenters. The zero-order valence-electron chi connectivity index (χ0n) is 16.3. The Labute approximate surface area is 175 Å². The van der Waals surface area contributed by atoms with E-state index in [2.05, 4.69) is 50.1 Å². The van der Waals surface area contributed by atoms with E-state index in [4.69, 9.17) is 4.74 Å². The second-order valence-corrected chi connectivity index (χ2v) is 7.59. The van der Waals surface area contributed by atoms with Gasteiger partial charge in [0.25, 0.3) is 0 Å². The molecule has 28 heavy (non-hydrogen) atoms. The topological polar surface area (TPSA) is 44.8 Å². The third-order valence-electron chi connectivity index (χ3n) is 4.93. The minimum atomic E-state index is -0.175. The van der Waals surface area contributed by atoms with Crippen molar-refractivity contribution in [3.05, 3.63) is 58.6 Å². The number of halogens is 1. The second kappa shape index (κ2) is 9.75. The number of methoxy groups -OCH3 is 1. The molecule has 1 aliphatic rings. The Morgan fingerprint density at radius 3 is 2.50 bits per heavy atom. The van der Waals surface area contributed by atoms with Gasteiger partial charge in [-0.3, -0.25) is 4.79 Å². The fraction of sp³-hybridized carbons (Fsp3) is 0.318. The molecular weight excluding hydrogens is 418 g/mol. The van der Waals surface area contributed by atoms with Crippen LogP contribution in [-0.2, 0) is 4.79 Å². The Hall–Kier alpha value is -2.31. The second-order valence-electron chi connectivity index (χ2n) is 6.68. The molecule has 0 aromatic heterocycles. The van der Waals surface area contributed by atoms with E-state index in [0.29, 0.717) is 0 Å². The molecule has 1 N–H and O–H groups in total. The summed E-state index contributed by atoms with van der Waals surface area (Å²) in [6.07, 6.45) is 3.27. The number of hydrogen-bond donors (Lipinski definition) is 1. The molecule has 0 aliphatic carbocycles. The molecular formula is C22H26BrN3O2. The van der Waals surface area contributed by atoms with Crippen molar-refractivity contribution in [1.82, 2.24) is 4.90 Å². The first-order chi connectivity index (χ1) is 13.6. The van der Waals surface area contributed by atoms with E-state index in [1.807, 2.05) is 30.3 Å². The average Bonchev–Trinajstić information content (AvgIpc) is 2.73. The van der Waals surface area contributed by atoms with Crippen LogP contribution in [0.25, 0.3) is 6.08 Å². The van der Waals surface area contributed by atoms with Crippen LogP contribution >= 0.6 is 15.9 Å². The van der Waals surface area contributed by atoms with Crippen molar-refractivity contribution in [3.63, 3.8) is 0 Å². The Morgan fingerprint density at radius 2 is 1.86 bits per heavy atom. The summed E-state index contributed by atoms with van der Waals surface area (Å²) in [5.41, 5.74) is 2.82. The van der Waals surface area contributed by atoms with Crippen molar-refractivity contribution >= 4 is 39.3 Å². The average molecular weight is 444 g/mol. The molecule has 2 aromatic rings. The molecule has 5 nitrogen and oxygen atoms in total. The van der Waals surface area contributed by atoms with Crippen molar-refractivity contribution in [2.45, 2.75) is 6.92 Å². The molecule has 0 radical (unpaired) electrons. The van der Waals surface area contributed by atoms with Crippen LogP contribution in [0.2, 0.25) is 0 Å². The monoisotopic (exact) mass is 443 g/mol. The number of carbonyl (C=O) groups excluding carboxylic acids is 1. The third-order valence-corrected chi connectivity index (χ3v) is 5.42. The lowest BCUT2D eigenvalue weighted by atomic mass is 10.2. The van der Waals surface area contributed by atoms with Gasteiger partial charge in [0.1, 0.15) is 5.75 Å². The van der Waals surface area contributed by atoms with Gasteiger partial charge in [0, 0.05) is 53.7 Å². The van der Waals surface area contributed by atoms with Crippen LogP contribution in [0.4, 0.5) is 11.4 Å². The van der Waals surface area contributed by atoms with E-state index >= 15 is 0 Å². The van der Waals surface area contributed by atoms with Crippen molar-refractivity contribution in [3.8, 4) is 5.75 Å². The normalized spacial score (nSPS) is 15.0. The molecule has 1 saturated heterocycles. The smallest absolute Gasteiger partial charge is 0.248 e. The summed E-state index contributed by atoms with van der Waals surface area (Å²) in [6, 6.07) is 13.7. The molecule has 1 aliphatic heterocycles. The number of rotatable bonds is 6. The Balaban J connectivity index is 1.58. The van der Waals surface area contributed by atoms with Crippen LogP contribution in [-0.4, -0.2) is 50.6 Å². The predicted molar refractivity (Wildman–Crippen MR) is 119 cm³/mol. The van der Waals surface area contributed by atoms with Gasteiger partial charge in [0.05, 0.1) is 7.11 Å². The lowest BCUT2D eigenvalue weighted by molar-refractivity contribution is -0.111. The molecule has 0 saturated carbocycles. The SMILES string of the molecule is CCN1CCN(c2ccc(NC(=O)C=Cc3cc(Br)ccc3OC)cc2)CC1. The molecule has 0 bridgehead atoms. The molecule has 0 spiro atoms. The number of nitrogens with one attached hydrogen (secondary N) is 1. The minimum absolute atomic E-state index is 0.175. The minimum Gasteiger partial charge on any atom is -0.496 e. The maximum Gasteiger partial charge on any atom is 0.248 e. The summed E-state index contributed by atoms with van der Waals surface area (Å²) in [5.74, 6) is 0.547. The van der Waals surface area contributed by atoms with E-state index in [1.54, 1.807) is 13.2 Å². The zero-order chi connectivity index (χ0) is 19.9. The molecule has 6 heteroatoms. The predicted octanol–water partition coefficient (Wildman–Crippen LogP) is 4.25. The quantitative estimate of drug-likeness (QED) is 0.677. The van der Waals surface area contributed by atoms with Crippen molar-refractivity contribution in [2.75, 3.05) is 50.1 Å². The van der Waals surface area contributed by atoms with Crippen LogP contribution in [0.5, 0.6) is 5.75 Å². The standard InChI is InChI=1S/C22H26BrN3O2/c1-3-25-12-14-26(15-13-25)20-8-6-19(7-9-20)24-22(27)11-4-17-16-18(23)5-10-21(17)28-2/h4-11,16H,3,12-15H2,1-2H3,(H,24,27). The highest BCUT2D eigenvalue weighted by Gasteiger charge is 2.15. The van der Waals surface area contributed by atoms with Crippen LogP contribution < -0.4 is 15.0 Å². The first-order valence-corrected chi connectivity index (χ1v) is 10.3. The van der Waals surface area contributed by atoms with Gasteiger partial charge >= 0.3 is 0 Å². The van der Waals surface area contributed by atoms with Crippen molar-refractivity contribution in [1.29, 1.82) is 0 Å². The number of benzene rings is 2. The van der Waals surface area contributed by atoms with Gasteiger partial charge in [-0.2, -0.15) is 0 Å². The summed E-state index contributed by atoms with van der Waals surface area (Å²) in [7, 11) is 1.62. The van der Waals surface area contributed by atoms with Crippen LogP contribution in [0.3, 0.4) is 0 Å². The summed E-state index contributed by atoms with van der Waals surface area (Å²) in [6.45, 7) is 7.58. The highest BCUT2D eigenvalue weighted by molar-refractivity contribution is 9.10. The fourth-order valence-corrected chi connectivity index (χ4v) is 3.64. The molecule has 148 valence electrons. The number of likely N-dealkylation sites (N-methyl/N-ethyl adjacent to an activating group) is 1. The summed E-state index contributed by atoms with van der Waals surface area (Å²) < 4.78 is 6.26. The number of amides is 1. The summed E-state index contributed by atoms with van der Waals surface area (Å²) in [4.78, 5) is 17.1. The number of hydrogen-bond acceptors (Lipinski definition) is 4. The number of ether oxygens (including phenoxy) is 1. The lowest BCUT2D eigenvalue weighted by Crippen LogP contribution is -2.46. The lowest BCUT2D eigenvalue weighted by Gasteiger charge is -2.35. The summed E-state index contributed by atoms with van der Waals surface area (Å²) in [5, 5.41) is 2.91. The Bertz CT molecular complexity index is 828. The van der Waals surface area contributed by atoms with Crippen LogP contribution in [0, 0.1) is 0 Å². The molecule has 1 amide bonds. The van der Waals surface area contributed by atoms with Gasteiger partial charge in [0.2, 0.25) is 5.91 Å².